The third-order valence-corrected chi connectivity index (χ3v) is 4.97. The Morgan fingerprint density at radius 3 is 2.71 bits per heavy atom. The SMILES string of the molecule is C/C=C(/CC)c1cc(-c2c(C)noc2C)cc2[nH]c(C3CC3)nc12. The van der Waals surface area contributed by atoms with Crippen molar-refractivity contribution < 1.29 is 4.52 Å². The van der Waals surface area contributed by atoms with Crippen LogP contribution < -0.4 is 0 Å². The fraction of sp³-hybridized carbons (Fsp3) is 0.400. The van der Waals surface area contributed by atoms with Gasteiger partial charge in [-0.15, -0.1) is 0 Å². The molecule has 0 aliphatic heterocycles. The van der Waals surface area contributed by atoms with E-state index in [4.69, 9.17) is 9.51 Å². The summed E-state index contributed by atoms with van der Waals surface area (Å²) in [5.74, 6) is 2.61. The minimum Gasteiger partial charge on any atom is -0.361 e. The van der Waals surface area contributed by atoms with Gasteiger partial charge in [0.1, 0.15) is 11.6 Å². The van der Waals surface area contributed by atoms with Crippen LogP contribution >= 0.6 is 0 Å². The first-order valence-electron chi connectivity index (χ1n) is 8.74. The molecular weight excluding hydrogens is 298 g/mol. The Morgan fingerprint density at radius 2 is 2.12 bits per heavy atom. The smallest absolute Gasteiger partial charge is 0.141 e. The summed E-state index contributed by atoms with van der Waals surface area (Å²) < 4.78 is 5.38. The molecule has 0 spiro atoms. The van der Waals surface area contributed by atoms with Crippen LogP contribution in [0.4, 0.5) is 0 Å². The first-order valence-corrected chi connectivity index (χ1v) is 8.74. The molecular formula is C20H23N3O. The van der Waals surface area contributed by atoms with Crippen molar-refractivity contribution in [2.75, 3.05) is 0 Å². The summed E-state index contributed by atoms with van der Waals surface area (Å²) in [5, 5.41) is 4.12. The maximum absolute atomic E-state index is 5.38. The van der Waals surface area contributed by atoms with Crippen molar-refractivity contribution in [3.05, 3.63) is 41.1 Å². The van der Waals surface area contributed by atoms with Gasteiger partial charge in [-0.2, -0.15) is 0 Å². The molecule has 4 heteroatoms. The average molecular weight is 321 g/mol. The predicted octanol–water partition coefficient (Wildman–Crippen LogP) is 5.53. The number of nitrogens with one attached hydrogen (secondary N) is 1. The lowest BCUT2D eigenvalue weighted by Crippen LogP contribution is -1.90. The number of H-pyrrole nitrogens is 1. The summed E-state index contributed by atoms with van der Waals surface area (Å²) in [6.45, 7) is 8.26. The van der Waals surface area contributed by atoms with Gasteiger partial charge in [0.2, 0.25) is 0 Å². The van der Waals surface area contributed by atoms with Crippen LogP contribution in [0.25, 0.3) is 27.7 Å². The fourth-order valence-electron chi connectivity index (χ4n) is 3.52. The minimum absolute atomic E-state index is 0.614. The second-order valence-electron chi connectivity index (χ2n) is 6.68. The number of aromatic nitrogens is 3. The topological polar surface area (TPSA) is 54.7 Å². The number of imidazole rings is 1. The van der Waals surface area contributed by atoms with E-state index in [0.29, 0.717) is 5.92 Å². The molecule has 2 aromatic heterocycles. The van der Waals surface area contributed by atoms with Crippen LogP contribution in [0.2, 0.25) is 0 Å². The number of hydrogen-bond donors (Lipinski definition) is 1. The van der Waals surface area contributed by atoms with E-state index in [1.807, 2.05) is 13.8 Å². The normalized spacial score (nSPS) is 15.4. The molecule has 1 aliphatic rings. The highest BCUT2D eigenvalue weighted by Crippen LogP contribution is 2.41. The summed E-state index contributed by atoms with van der Waals surface area (Å²) in [7, 11) is 0. The summed E-state index contributed by atoms with van der Waals surface area (Å²) in [4.78, 5) is 8.48. The molecule has 3 aromatic rings. The highest BCUT2D eigenvalue weighted by molar-refractivity contribution is 5.93. The van der Waals surface area contributed by atoms with Gasteiger partial charge in [0.25, 0.3) is 0 Å². The van der Waals surface area contributed by atoms with E-state index in [1.54, 1.807) is 0 Å². The summed E-state index contributed by atoms with van der Waals surface area (Å²) in [6, 6.07) is 4.43. The van der Waals surface area contributed by atoms with Crippen LogP contribution in [0.15, 0.2) is 22.7 Å². The molecule has 0 bridgehead atoms. The summed E-state index contributed by atoms with van der Waals surface area (Å²) in [6.07, 6.45) is 5.67. The number of hydrogen-bond acceptors (Lipinski definition) is 3. The van der Waals surface area contributed by atoms with Crippen molar-refractivity contribution in [2.45, 2.75) is 52.9 Å². The van der Waals surface area contributed by atoms with E-state index in [0.717, 1.165) is 45.9 Å². The molecule has 0 atom stereocenters. The van der Waals surface area contributed by atoms with E-state index >= 15 is 0 Å². The van der Waals surface area contributed by atoms with Crippen molar-refractivity contribution in [3.63, 3.8) is 0 Å². The Kier molecular flexibility index (Phi) is 3.56. The standard InChI is InChI=1S/C20H23N3O/c1-5-13(6-2)16-9-15(18-11(3)23-24-12(18)4)10-17-19(16)22-20(21-17)14-7-8-14/h5,9-10,14H,6-8H2,1-4H3,(H,21,22)/b13-5-. The Bertz CT molecular complexity index is 922. The van der Waals surface area contributed by atoms with Crippen LogP contribution in [0.1, 0.15) is 61.9 Å². The second-order valence-corrected chi connectivity index (χ2v) is 6.68. The van der Waals surface area contributed by atoms with Crippen molar-refractivity contribution >= 4 is 16.6 Å². The van der Waals surface area contributed by atoms with Crippen LogP contribution in [0.5, 0.6) is 0 Å². The molecule has 0 radical (unpaired) electrons. The maximum atomic E-state index is 5.38. The Hall–Kier alpha value is -2.36. The minimum atomic E-state index is 0.614. The van der Waals surface area contributed by atoms with E-state index in [1.165, 1.54) is 24.0 Å². The Morgan fingerprint density at radius 1 is 1.33 bits per heavy atom. The number of fused-ring (bicyclic) bond motifs is 1. The lowest BCUT2D eigenvalue weighted by Gasteiger charge is -2.09. The number of nitrogens with zero attached hydrogens (tertiary/aromatic N) is 2. The van der Waals surface area contributed by atoms with Gasteiger partial charge in [-0.05, 0) is 63.3 Å². The van der Waals surface area contributed by atoms with E-state index in [2.05, 4.69) is 42.2 Å². The molecule has 4 rings (SSSR count). The van der Waals surface area contributed by atoms with Gasteiger partial charge in [-0.1, -0.05) is 18.2 Å². The van der Waals surface area contributed by atoms with Crippen molar-refractivity contribution in [3.8, 4) is 11.1 Å². The molecule has 1 N–H and O–H groups in total. The molecule has 0 saturated heterocycles. The molecule has 1 aliphatic carbocycles. The number of benzene rings is 1. The molecule has 0 unspecified atom stereocenters. The highest BCUT2D eigenvalue weighted by atomic mass is 16.5. The molecule has 124 valence electrons. The van der Waals surface area contributed by atoms with Crippen LogP contribution in [0, 0.1) is 13.8 Å². The first-order chi connectivity index (χ1) is 11.6. The lowest BCUT2D eigenvalue weighted by atomic mass is 9.95. The largest absolute Gasteiger partial charge is 0.361 e. The zero-order valence-electron chi connectivity index (χ0n) is 14.7. The molecule has 0 amide bonds. The van der Waals surface area contributed by atoms with Gasteiger partial charge in [-0.25, -0.2) is 4.98 Å². The highest BCUT2D eigenvalue weighted by Gasteiger charge is 2.27. The van der Waals surface area contributed by atoms with Gasteiger partial charge in [0, 0.05) is 17.0 Å². The summed E-state index contributed by atoms with van der Waals surface area (Å²) in [5.41, 5.74) is 7.90. The van der Waals surface area contributed by atoms with Crippen LogP contribution in [-0.2, 0) is 0 Å². The quantitative estimate of drug-likeness (QED) is 0.688. The fourth-order valence-corrected chi connectivity index (χ4v) is 3.52. The maximum Gasteiger partial charge on any atom is 0.141 e. The number of aryl methyl sites for hydroxylation is 2. The van der Waals surface area contributed by atoms with Gasteiger partial charge in [0.05, 0.1) is 16.7 Å². The van der Waals surface area contributed by atoms with E-state index in [9.17, 15) is 0 Å². The van der Waals surface area contributed by atoms with E-state index < -0.39 is 0 Å². The third kappa shape index (κ3) is 2.37. The zero-order valence-corrected chi connectivity index (χ0v) is 14.7. The van der Waals surface area contributed by atoms with E-state index in [-0.39, 0.29) is 0 Å². The predicted molar refractivity (Wildman–Crippen MR) is 97.0 cm³/mol. The number of aromatic amines is 1. The van der Waals surface area contributed by atoms with Crippen molar-refractivity contribution in [2.24, 2.45) is 0 Å². The van der Waals surface area contributed by atoms with Crippen molar-refractivity contribution in [1.82, 2.24) is 15.1 Å². The third-order valence-electron chi connectivity index (χ3n) is 4.97. The molecule has 1 saturated carbocycles. The molecule has 24 heavy (non-hydrogen) atoms. The molecule has 1 fully saturated rings. The monoisotopic (exact) mass is 321 g/mol. The van der Waals surface area contributed by atoms with Crippen molar-refractivity contribution in [1.29, 1.82) is 0 Å². The van der Waals surface area contributed by atoms with Gasteiger partial charge >= 0.3 is 0 Å². The lowest BCUT2D eigenvalue weighted by molar-refractivity contribution is 0.393. The first kappa shape index (κ1) is 15.2. The number of rotatable bonds is 4. The van der Waals surface area contributed by atoms with Crippen LogP contribution in [0.3, 0.4) is 0 Å². The van der Waals surface area contributed by atoms with Gasteiger partial charge < -0.3 is 9.51 Å². The molecule has 1 aromatic carbocycles. The average Bonchev–Trinajstić information content (AvgIpc) is 3.25. The van der Waals surface area contributed by atoms with Gasteiger partial charge in [0.15, 0.2) is 0 Å². The molecule has 4 nitrogen and oxygen atoms in total. The van der Waals surface area contributed by atoms with Crippen LogP contribution in [-0.4, -0.2) is 15.1 Å². The zero-order chi connectivity index (χ0) is 16.8. The van der Waals surface area contributed by atoms with Gasteiger partial charge in [-0.3, -0.25) is 0 Å². The molecule has 2 heterocycles. The number of allylic oxidation sites excluding steroid dienone is 2. The Balaban J connectivity index is 1.99. The Labute approximate surface area is 142 Å². The summed E-state index contributed by atoms with van der Waals surface area (Å²) >= 11 is 0. The second kappa shape index (κ2) is 5.62.